The molecule has 0 aliphatic carbocycles. The van der Waals surface area contributed by atoms with Crippen molar-refractivity contribution in [2.24, 2.45) is 0 Å². The Morgan fingerprint density at radius 3 is 2.12 bits per heavy atom. The Balaban J connectivity index is 1.96. The van der Waals surface area contributed by atoms with Crippen LogP contribution in [0.2, 0.25) is 0 Å². The average molecular weight is 375 g/mol. The number of nitrogens with zero attached hydrogens (tertiary/aromatic N) is 1. The molecule has 2 aromatic heterocycles. The van der Waals surface area contributed by atoms with E-state index in [0.717, 1.165) is 0 Å². The van der Waals surface area contributed by atoms with E-state index in [1.54, 1.807) is 24.3 Å². The number of hydrogen-bond donors (Lipinski definition) is 0. The van der Waals surface area contributed by atoms with E-state index in [2.05, 4.69) is 4.74 Å². The molecule has 8 heteroatoms. The van der Waals surface area contributed by atoms with Gasteiger partial charge in [0, 0.05) is 0 Å². The zero-order valence-corrected chi connectivity index (χ0v) is 14.8. The van der Waals surface area contributed by atoms with Gasteiger partial charge in [-0.25, -0.2) is 13.2 Å². The Labute approximate surface area is 150 Å². The van der Waals surface area contributed by atoms with Gasteiger partial charge in [0.15, 0.2) is 0 Å². The summed E-state index contributed by atoms with van der Waals surface area (Å²) in [5.41, 5.74) is 0.157. The molecule has 0 radical (unpaired) electrons. The summed E-state index contributed by atoms with van der Waals surface area (Å²) in [4.78, 5) is 11.7. The van der Waals surface area contributed by atoms with Gasteiger partial charge in [-0.1, -0.05) is 6.07 Å². The van der Waals surface area contributed by atoms with Crippen LogP contribution in [0.3, 0.4) is 0 Å². The molecule has 26 heavy (non-hydrogen) atoms. The van der Waals surface area contributed by atoms with Gasteiger partial charge in [-0.3, -0.25) is 0 Å². The van der Waals surface area contributed by atoms with Crippen molar-refractivity contribution in [3.63, 3.8) is 0 Å². The van der Waals surface area contributed by atoms with Gasteiger partial charge in [0.05, 0.1) is 43.2 Å². The van der Waals surface area contributed by atoms with Gasteiger partial charge in [-0.2, -0.15) is 4.31 Å². The molecule has 0 N–H and O–H groups in total. The number of benzene rings is 1. The molecular weight excluding hydrogens is 358 g/mol. The maximum Gasteiger partial charge on any atom is 0.337 e. The molecule has 7 nitrogen and oxygen atoms in total. The SMILES string of the molecule is COC(=O)c1cccc(S(=O)(=O)N(Cc2ccco2)Cc2ccco2)c1. The Hall–Kier alpha value is -2.84. The van der Waals surface area contributed by atoms with Gasteiger partial charge in [0.2, 0.25) is 10.0 Å². The first-order valence-corrected chi connectivity index (χ1v) is 9.18. The summed E-state index contributed by atoms with van der Waals surface area (Å²) < 4.78 is 42.7. The molecular formula is C18H17NO6S. The number of esters is 1. The lowest BCUT2D eigenvalue weighted by atomic mass is 10.2. The number of carbonyl (C=O) groups is 1. The molecule has 0 saturated heterocycles. The lowest BCUT2D eigenvalue weighted by Crippen LogP contribution is -2.30. The molecule has 0 saturated carbocycles. The second-order valence-corrected chi connectivity index (χ2v) is 7.39. The minimum atomic E-state index is -3.91. The summed E-state index contributed by atoms with van der Waals surface area (Å²) in [5, 5.41) is 0. The second kappa shape index (κ2) is 7.59. The number of sulfonamides is 1. The summed E-state index contributed by atoms with van der Waals surface area (Å²) in [5.74, 6) is 0.374. The van der Waals surface area contributed by atoms with Crippen molar-refractivity contribution in [3.05, 3.63) is 78.1 Å². The van der Waals surface area contributed by atoms with Crippen molar-refractivity contribution in [3.8, 4) is 0 Å². The fourth-order valence-corrected chi connectivity index (χ4v) is 3.85. The van der Waals surface area contributed by atoms with Crippen LogP contribution in [0.15, 0.2) is 74.8 Å². The van der Waals surface area contributed by atoms with E-state index in [0.29, 0.717) is 11.5 Å². The highest BCUT2D eigenvalue weighted by atomic mass is 32.2. The predicted octanol–water partition coefficient (Wildman–Crippen LogP) is 3.05. The third-order valence-electron chi connectivity index (χ3n) is 3.72. The van der Waals surface area contributed by atoms with Crippen molar-refractivity contribution in [2.75, 3.05) is 7.11 Å². The summed E-state index contributed by atoms with van der Waals surface area (Å²) in [7, 11) is -2.67. The molecule has 1 aromatic carbocycles. The minimum Gasteiger partial charge on any atom is -0.468 e. The molecule has 0 unspecified atom stereocenters. The second-order valence-electron chi connectivity index (χ2n) is 5.45. The number of ether oxygens (including phenoxy) is 1. The van der Waals surface area contributed by atoms with E-state index in [9.17, 15) is 13.2 Å². The van der Waals surface area contributed by atoms with Gasteiger partial charge >= 0.3 is 5.97 Å². The van der Waals surface area contributed by atoms with Crippen LogP contribution in [-0.2, 0) is 27.8 Å². The smallest absolute Gasteiger partial charge is 0.337 e. The molecule has 3 aromatic rings. The quantitative estimate of drug-likeness (QED) is 0.590. The number of rotatable bonds is 7. The number of furan rings is 2. The Kier molecular flexibility index (Phi) is 5.24. The molecule has 0 fully saturated rings. The van der Waals surface area contributed by atoms with Crippen LogP contribution in [0.4, 0.5) is 0 Å². The topological polar surface area (TPSA) is 90.0 Å². The maximum absolute atomic E-state index is 13.1. The van der Waals surface area contributed by atoms with E-state index in [4.69, 9.17) is 8.83 Å². The van der Waals surface area contributed by atoms with E-state index in [1.165, 1.54) is 48.2 Å². The number of hydrogen-bond acceptors (Lipinski definition) is 6. The van der Waals surface area contributed by atoms with E-state index >= 15 is 0 Å². The summed E-state index contributed by atoms with van der Waals surface area (Å²) in [6, 6.07) is 12.5. The van der Waals surface area contributed by atoms with Crippen LogP contribution < -0.4 is 0 Å². The number of carbonyl (C=O) groups excluding carboxylic acids is 1. The standard InChI is InChI=1S/C18H17NO6S/c1-23-18(20)14-5-2-8-17(11-14)26(21,22)19(12-15-6-3-9-24-15)13-16-7-4-10-25-16/h2-11H,12-13H2,1H3. The molecule has 2 heterocycles. The predicted molar refractivity (Wildman–Crippen MR) is 91.6 cm³/mol. The summed E-state index contributed by atoms with van der Waals surface area (Å²) in [6.07, 6.45) is 2.95. The minimum absolute atomic E-state index is 0.0153. The molecule has 0 bridgehead atoms. The third-order valence-corrected chi connectivity index (χ3v) is 5.51. The zero-order chi connectivity index (χ0) is 18.6. The molecule has 136 valence electrons. The van der Waals surface area contributed by atoms with Gasteiger partial charge in [-0.05, 0) is 42.5 Å². The summed E-state index contributed by atoms with van der Waals surface area (Å²) in [6.45, 7) is 0.0525. The molecule has 0 atom stereocenters. The lowest BCUT2D eigenvalue weighted by molar-refractivity contribution is 0.0600. The van der Waals surface area contributed by atoms with Crippen LogP contribution in [-0.4, -0.2) is 25.8 Å². The van der Waals surface area contributed by atoms with Crippen LogP contribution >= 0.6 is 0 Å². The number of methoxy groups -OCH3 is 1. The molecule has 0 aliphatic rings. The van der Waals surface area contributed by atoms with Crippen molar-refractivity contribution in [1.29, 1.82) is 0 Å². The Morgan fingerprint density at radius 1 is 1.00 bits per heavy atom. The van der Waals surface area contributed by atoms with E-state index < -0.39 is 16.0 Å². The van der Waals surface area contributed by atoms with E-state index in [1.807, 2.05) is 0 Å². The molecule has 0 spiro atoms. The van der Waals surface area contributed by atoms with Crippen molar-refractivity contribution >= 4 is 16.0 Å². The highest BCUT2D eigenvalue weighted by Gasteiger charge is 2.27. The van der Waals surface area contributed by atoms with E-state index in [-0.39, 0.29) is 23.5 Å². The van der Waals surface area contributed by atoms with Gasteiger partial charge in [0.25, 0.3) is 0 Å². The third kappa shape index (κ3) is 3.87. The highest BCUT2D eigenvalue weighted by molar-refractivity contribution is 7.89. The first kappa shape index (κ1) is 18.0. The van der Waals surface area contributed by atoms with Gasteiger partial charge in [0.1, 0.15) is 11.5 Å². The fourth-order valence-electron chi connectivity index (χ4n) is 2.43. The molecule has 0 amide bonds. The van der Waals surface area contributed by atoms with Gasteiger partial charge in [-0.15, -0.1) is 0 Å². The largest absolute Gasteiger partial charge is 0.468 e. The first-order valence-electron chi connectivity index (χ1n) is 7.74. The van der Waals surface area contributed by atoms with Crippen molar-refractivity contribution in [2.45, 2.75) is 18.0 Å². The average Bonchev–Trinajstić information content (AvgIpc) is 3.34. The van der Waals surface area contributed by atoms with Crippen molar-refractivity contribution < 1.29 is 26.8 Å². The van der Waals surface area contributed by atoms with Crippen molar-refractivity contribution in [1.82, 2.24) is 4.31 Å². The summed E-state index contributed by atoms with van der Waals surface area (Å²) >= 11 is 0. The Morgan fingerprint density at radius 2 is 1.62 bits per heavy atom. The molecule has 0 aliphatic heterocycles. The van der Waals surface area contributed by atoms with Crippen LogP contribution in [0.25, 0.3) is 0 Å². The molecule has 3 rings (SSSR count). The van der Waals surface area contributed by atoms with Crippen LogP contribution in [0, 0.1) is 0 Å². The maximum atomic E-state index is 13.1. The lowest BCUT2D eigenvalue weighted by Gasteiger charge is -2.20. The Bertz CT molecular complexity index is 925. The monoisotopic (exact) mass is 375 g/mol. The van der Waals surface area contributed by atoms with Gasteiger partial charge < -0.3 is 13.6 Å². The highest BCUT2D eigenvalue weighted by Crippen LogP contribution is 2.22. The first-order chi connectivity index (χ1) is 12.5. The zero-order valence-electron chi connectivity index (χ0n) is 14.0. The van der Waals surface area contributed by atoms with Crippen LogP contribution in [0.5, 0.6) is 0 Å². The normalized spacial score (nSPS) is 11.6. The van der Waals surface area contributed by atoms with Crippen LogP contribution in [0.1, 0.15) is 21.9 Å². The fraction of sp³-hybridized carbons (Fsp3) is 0.167.